The number of imidazole rings is 2. The third-order valence-corrected chi connectivity index (χ3v) is 3.27. The second kappa shape index (κ2) is 4.12. The number of anilines is 1. The van der Waals surface area contributed by atoms with E-state index in [1.807, 2.05) is 42.2 Å². The van der Waals surface area contributed by atoms with Gasteiger partial charge >= 0.3 is 0 Å². The molecule has 2 N–H and O–H groups in total. The summed E-state index contributed by atoms with van der Waals surface area (Å²) in [5.74, 6) is 0.654. The lowest BCUT2D eigenvalue weighted by atomic mass is 10.3. The van der Waals surface area contributed by atoms with E-state index in [-0.39, 0.29) is 0 Å². The van der Waals surface area contributed by atoms with Gasteiger partial charge in [-0.3, -0.25) is 4.40 Å². The summed E-state index contributed by atoms with van der Waals surface area (Å²) in [6.45, 7) is 6.26. The van der Waals surface area contributed by atoms with Gasteiger partial charge in [0.05, 0.1) is 18.2 Å². The summed E-state index contributed by atoms with van der Waals surface area (Å²) in [4.78, 5) is 8.82. The Balaban J connectivity index is 2.25. The Hall–Kier alpha value is -2.30. The van der Waals surface area contributed by atoms with E-state index in [2.05, 4.69) is 28.4 Å². The topological polar surface area (TPSA) is 61.1 Å². The van der Waals surface area contributed by atoms with E-state index in [1.165, 1.54) is 0 Å². The Morgan fingerprint density at radius 2 is 2.05 bits per heavy atom. The van der Waals surface area contributed by atoms with Gasteiger partial charge in [-0.15, -0.1) is 0 Å². The summed E-state index contributed by atoms with van der Waals surface area (Å²) in [5.41, 5.74) is 9.98. The maximum Gasteiger partial charge on any atom is 0.139 e. The lowest BCUT2D eigenvalue weighted by molar-refractivity contribution is 0.605. The summed E-state index contributed by atoms with van der Waals surface area (Å²) in [7, 11) is 0. The molecule has 5 nitrogen and oxygen atoms in total. The molecule has 0 aliphatic carbocycles. The molecule has 0 amide bonds. The maximum absolute atomic E-state index is 6.23. The van der Waals surface area contributed by atoms with Crippen LogP contribution in [0.3, 0.4) is 0 Å². The molecule has 0 bridgehead atoms. The molecule has 0 saturated heterocycles. The molecule has 0 fully saturated rings. The number of hydrogen-bond acceptors (Lipinski definition) is 3. The van der Waals surface area contributed by atoms with Crippen LogP contribution in [0.25, 0.3) is 17.0 Å². The van der Waals surface area contributed by atoms with Gasteiger partial charge in [-0.05, 0) is 32.4 Å². The van der Waals surface area contributed by atoms with Crippen molar-refractivity contribution in [3.05, 3.63) is 36.4 Å². The van der Waals surface area contributed by atoms with Gasteiger partial charge in [0, 0.05) is 12.2 Å². The van der Waals surface area contributed by atoms with Crippen molar-refractivity contribution in [3.63, 3.8) is 0 Å². The van der Waals surface area contributed by atoms with E-state index in [9.17, 15) is 0 Å². The fourth-order valence-corrected chi connectivity index (χ4v) is 2.26. The highest BCUT2D eigenvalue weighted by molar-refractivity contribution is 5.72. The van der Waals surface area contributed by atoms with Crippen LogP contribution in [0.2, 0.25) is 0 Å². The number of fused-ring (bicyclic) bond motifs is 1. The molecule has 0 atom stereocenters. The largest absolute Gasteiger partial charge is 0.383 e. The maximum atomic E-state index is 6.23. The summed E-state index contributed by atoms with van der Waals surface area (Å²) in [6, 6.07) is 4.33. The van der Waals surface area contributed by atoms with Crippen LogP contribution in [0, 0.1) is 6.92 Å². The lowest BCUT2D eigenvalue weighted by Gasteiger charge is -2.10. The smallest absolute Gasteiger partial charge is 0.139 e. The first-order chi connectivity index (χ1) is 9.08. The van der Waals surface area contributed by atoms with Gasteiger partial charge in [0.25, 0.3) is 0 Å². The van der Waals surface area contributed by atoms with Crippen LogP contribution in [0.1, 0.15) is 25.5 Å². The average Bonchev–Trinajstić information content (AvgIpc) is 2.95. The molecular weight excluding hydrogens is 238 g/mol. The fraction of sp³-hybridized carbons (Fsp3) is 0.286. The molecule has 3 heterocycles. The van der Waals surface area contributed by atoms with Gasteiger partial charge in [-0.1, -0.05) is 6.07 Å². The molecule has 0 aliphatic heterocycles. The van der Waals surface area contributed by atoms with E-state index >= 15 is 0 Å². The van der Waals surface area contributed by atoms with Crippen molar-refractivity contribution in [3.8, 4) is 11.4 Å². The quantitative estimate of drug-likeness (QED) is 0.765. The number of nitrogens with two attached hydrogens (primary N) is 1. The van der Waals surface area contributed by atoms with Gasteiger partial charge < -0.3 is 10.3 Å². The van der Waals surface area contributed by atoms with E-state index in [0.717, 1.165) is 22.6 Å². The molecule has 0 aliphatic rings. The normalized spacial score (nSPS) is 11.6. The fourth-order valence-electron chi connectivity index (χ4n) is 2.26. The highest BCUT2D eigenvalue weighted by Crippen LogP contribution is 2.28. The van der Waals surface area contributed by atoms with Crippen LogP contribution in [0.4, 0.5) is 5.82 Å². The minimum absolute atomic E-state index is 0.323. The van der Waals surface area contributed by atoms with Crippen LogP contribution < -0.4 is 5.73 Å². The van der Waals surface area contributed by atoms with Gasteiger partial charge in [-0.25, -0.2) is 9.97 Å². The average molecular weight is 255 g/mol. The first-order valence-corrected chi connectivity index (χ1v) is 6.34. The number of nitrogens with zero attached hydrogens (tertiary/aromatic N) is 4. The number of rotatable bonds is 2. The molecule has 3 aromatic heterocycles. The molecule has 3 rings (SSSR count). The molecule has 0 radical (unpaired) electrons. The number of hydrogen-bond donors (Lipinski definition) is 1. The molecule has 0 saturated carbocycles. The van der Waals surface area contributed by atoms with Crippen molar-refractivity contribution in [2.45, 2.75) is 26.8 Å². The zero-order valence-corrected chi connectivity index (χ0v) is 11.3. The summed E-state index contributed by atoms with van der Waals surface area (Å²) in [6.07, 6.45) is 5.62. The highest BCUT2D eigenvalue weighted by Gasteiger charge is 2.16. The van der Waals surface area contributed by atoms with Crippen molar-refractivity contribution in [2.24, 2.45) is 0 Å². The zero-order chi connectivity index (χ0) is 13.6. The number of aromatic nitrogens is 4. The lowest BCUT2D eigenvalue weighted by Crippen LogP contribution is -2.02. The predicted molar refractivity (Wildman–Crippen MR) is 75.9 cm³/mol. The van der Waals surface area contributed by atoms with Gasteiger partial charge in [-0.2, -0.15) is 0 Å². The van der Waals surface area contributed by atoms with E-state index in [4.69, 9.17) is 5.73 Å². The molecular formula is C14H17N5. The third-order valence-electron chi connectivity index (χ3n) is 3.27. The molecule has 98 valence electrons. The van der Waals surface area contributed by atoms with E-state index in [0.29, 0.717) is 11.9 Å². The summed E-state index contributed by atoms with van der Waals surface area (Å²) in [5, 5.41) is 0. The van der Waals surface area contributed by atoms with Crippen molar-refractivity contribution < 1.29 is 0 Å². The first kappa shape index (κ1) is 11.8. The highest BCUT2D eigenvalue weighted by atomic mass is 15.1. The SMILES string of the molecule is Cc1ccc2nc(-c3cncn3C(C)C)c(N)n2c1. The van der Waals surface area contributed by atoms with Crippen LogP contribution >= 0.6 is 0 Å². The summed E-state index contributed by atoms with van der Waals surface area (Å²) >= 11 is 0. The van der Waals surface area contributed by atoms with Crippen molar-refractivity contribution in [1.82, 2.24) is 18.9 Å². The Kier molecular flexibility index (Phi) is 2.55. The first-order valence-electron chi connectivity index (χ1n) is 6.34. The third kappa shape index (κ3) is 1.78. The Morgan fingerprint density at radius 3 is 2.79 bits per heavy atom. The monoisotopic (exact) mass is 255 g/mol. The molecule has 3 aromatic rings. The second-order valence-electron chi connectivity index (χ2n) is 5.06. The molecule has 0 unspecified atom stereocenters. The molecule has 0 spiro atoms. The minimum atomic E-state index is 0.323. The Bertz CT molecular complexity index is 735. The number of aryl methyl sites for hydroxylation is 1. The number of pyridine rings is 1. The van der Waals surface area contributed by atoms with Gasteiger partial charge in [0.1, 0.15) is 17.2 Å². The van der Waals surface area contributed by atoms with E-state index in [1.54, 1.807) is 0 Å². The van der Waals surface area contributed by atoms with E-state index < -0.39 is 0 Å². The van der Waals surface area contributed by atoms with Crippen molar-refractivity contribution in [1.29, 1.82) is 0 Å². The number of nitrogen functional groups attached to an aromatic ring is 1. The Labute approximate surface area is 111 Å². The summed E-state index contributed by atoms with van der Waals surface area (Å²) < 4.78 is 3.99. The van der Waals surface area contributed by atoms with Crippen molar-refractivity contribution in [2.75, 3.05) is 5.73 Å². The standard InChI is InChI=1S/C14H17N5/c1-9(2)19-8-16-6-11(19)13-14(15)18-7-10(3)4-5-12(18)17-13/h4-9H,15H2,1-3H3. The van der Waals surface area contributed by atoms with Crippen LogP contribution in [0.5, 0.6) is 0 Å². The molecule has 5 heteroatoms. The minimum Gasteiger partial charge on any atom is -0.383 e. The molecule has 19 heavy (non-hydrogen) atoms. The zero-order valence-electron chi connectivity index (χ0n) is 11.3. The van der Waals surface area contributed by atoms with Crippen LogP contribution in [-0.4, -0.2) is 18.9 Å². The van der Waals surface area contributed by atoms with Crippen molar-refractivity contribution >= 4 is 11.5 Å². The Morgan fingerprint density at radius 1 is 1.26 bits per heavy atom. The van der Waals surface area contributed by atoms with Crippen LogP contribution in [0.15, 0.2) is 30.9 Å². The second-order valence-corrected chi connectivity index (χ2v) is 5.06. The van der Waals surface area contributed by atoms with Gasteiger partial charge in [0.15, 0.2) is 0 Å². The molecule has 0 aromatic carbocycles. The van der Waals surface area contributed by atoms with Gasteiger partial charge in [0.2, 0.25) is 0 Å². The van der Waals surface area contributed by atoms with Crippen LogP contribution in [-0.2, 0) is 0 Å². The predicted octanol–water partition coefficient (Wildman–Crippen LogP) is 2.67.